The van der Waals surface area contributed by atoms with Crippen LogP contribution in [0.3, 0.4) is 0 Å². The minimum Gasteiger partial charge on any atom is -0.384 e. The van der Waals surface area contributed by atoms with Crippen molar-refractivity contribution in [2.24, 2.45) is 0 Å². The van der Waals surface area contributed by atoms with Crippen LogP contribution in [0, 0.1) is 11.3 Å². The molecule has 8 heteroatoms. The zero-order valence-corrected chi connectivity index (χ0v) is 20.7. The maximum atomic E-state index is 9.80. The highest BCUT2D eigenvalue weighted by Gasteiger charge is 2.15. The van der Waals surface area contributed by atoms with Crippen LogP contribution in [0.15, 0.2) is 47.1 Å². The maximum Gasteiger partial charge on any atom is 0.103 e. The fraction of sp³-hybridized carbons (Fsp3) is 0.360. The molecule has 4 rings (SSSR count). The van der Waals surface area contributed by atoms with Gasteiger partial charge in [-0.25, -0.2) is 0 Å². The number of halogens is 1. The zero-order chi connectivity index (χ0) is 23.2. The lowest BCUT2D eigenvalue weighted by Gasteiger charge is -2.26. The van der Waals surface area contributed by atoms with Crippen molar-refractivity contribution < 1.29 is 4.74 Å². The van der Waals surface area contributed by atoms with Gasteiger partial charge in [0.15, 0.2) is 0 Å². The Labute approximate surface area is 203 Å². The summed E-state index contributed by atoms with van der Waals surface area (Å²) in [6, 6.07) is 14.5. The number of hydrogen-bond donors (Lipinski definition) is 2. The van der Waals surface area contributed by atoms with Crippen molar-refractivity contribution in [3.05, 3.63) is 58.2 Å². The number of hydrogen-bond acceptors (Lipinski definition) is 7. The van der Waals surface area contributed by atoms with Gasteiger partial charge in [-0.3, -0.25) is 9.88 Å². The molecule has 0 spiro atoms. The smallest absolute Gasteiger partial charge is 0.103 e. The summed E-state index contributed by atoms with van der Waals surface area (Å²) in [7, 11) is 4.10. The molecular formula is C25H29BrN6O. The van der Waals surface area contributed by atoms with Crippen molar-refractivity contribution in [3.8, 4) is 6.07 Å². The molecule has 0 aliphatic carbocycles. The molecule has 0 atom stereocenters. The Bertz CT molecular complexity index is 1150. The van der Waals surface area contributed by atoms with Crippen LogP contribution in [-0.4, -0.2) is 68.3 Å². The number of anilines is 3. The highest BCUT2D eigenvalue weighted by atomic mass is 79.9. The van der Waals surface area contributed by atoms with Gasteiger partial charge in [0.05, 0.1) is 30.0 Å². The lowest BCUT2D eigenvalue weighted by Crippen LogP contribution is -2.39. The van der Waals surface area contributed by atoms with Gasteiger partial charge in [-0.1, -0.05) is 22.0 Å². The predicted octanol–water partition coefficient (Wildman–Crippen LogP) is 4.42. The third-order valence-electron chi connectivity index (χ3n) is 5.61. The average molecular weight is 509 g/mol. The molecule has 1 aliphatic rings. The van der Waals surface area contributed by atoms with Crippen molar-refractivity contribution in [1.82, 2.24) is 14.8 Å². The van der Waals surface area contributed by atoms with Gasteiger partial charge in [0.25, 0.3) is 0 Å². The Morgan fingerprint density at radius 2 is 2.00 bits per heavy atom. The van der Waals surface area contributed by atoms with E-state index < -0.39 is 0 Å². The van der Waals surface area contributed by atoms with Crippen molar-refractivity contribution in [3.63, 3.8) is 0 Å². The van der Waals surface area contributed by atoms with Crippen molar-refractivity contribution in [2.75, 3.05) is 64.1 Å². The number of fused-ring (bicyclic) bond motifs is 1. The molecule has 33 heavy (non-hydrogen) atoms. The van der Waals surface area contributed by atoms with Gasteiger partial charge < -0.3 is 20.3 Å². The molecule has 1 aliphatic heterocycles. The number of ether oxygens (including phenoxy) is 1. The highest BCUT2D eigenvalue weighted by molar-refractivity contribution is 9.10. The van der Waals surface area contributed by atoms with Crippen molar-refractivity contribution in [2.45, 2.75) is 6.54 Å². The third kappa shape index (κ3) is 6.01. The lowest BCUT2D eigenvalue weighted by atomic mass is 10.0. The summed E-state index contributed by atoms with van der Waals surface area (Å²) in [4.78, 5) is 9.21. The molecule has 0 radical (unpaired) electrons. The normalized spacial score (nSPS) is 14.4. The fourth-order valence-corrected chi connectivity index (χ4v) is 4.45. The molecule has 1 saturated heterocycles. The molecule has 1 fully saturated rings. The SMILES string of the molecule is CN(C)Cc1cc(NCCN2CCOCC2)cc2c(Nc3cccc(Br)c3)c(C#N)cnc12. The van der Waals surface area contributed by atoms with Gasteiger partial charge in [-0.2, -0.15) is 5.26 Å². The molecule has 7 nitrogen and oxygen atoms in total. The summed E-state index contributed by atoms with van der Waals surface area (Å²) in [6.45, 7) is 6.11. The number of rotatable bonds is 8. The number of aromatic nitrogens is 1. The van der Waals surface area contributed by atoms with Gasteiger partial charge in [0, 0.05) is 60.2 Å². The summed E-state index contributed by atoms with van der Waals surface area (Å²) in [5, 5.41) is 17.8. The standard InChI is InChI=1S/C25H29BrN6O/c1-31(2)17-18-12-22(28-6-7-32-8-10-33-11-9-32)14-23-24(18)29-16-19(15-27)25(23)30-21-5-3-4-20(26)13-21/h3-5,12-14,16,28H,6-11,17H2,1-2H3,(H,29,30). The van der Waals surface area contributed by atoms with E-state index in [2.05, 4.69) is 73.6 Å². The molecule has 0 saturated carbocycles. The van der Waals surface area contributed by atoms with Gasteiger partial charge in [-0.05, 0) is 50.0 Å². The Hall–Kier alpha value is -2.70. The second-order valence-corrected chi connectivity index (χ2v) is 9.36. The van der Waals surface area contributed by atoms with Gasteiger partial charge in [0.2, 0.25) is 0 Å². The van der Waals surface area contributed by atoms with Gasteiger partial charge in [-0.15, -0.1) is 0 Å². The first-order valence-electron chi connectivity index (χ1n) is 11.1. The minimum atomic E-state index is 0.517. The maximum absolute atomic E-state index is 9.80. The first kappa shape index (κ1) is 23.5. The van der Waals surface area contributed by atoms with Crippen LogP contribution in [-0.2, 0) is 11.3 Å². The Kier molecular flexibility index (Phi) is 7.78. The zero-order valence-electron chi connectivity index (χ0n) is 19.1. The van der Waals surface area contributed by atoms with E-state index in [0.717, 1.165) is 83.9 Å². The van der Waals surface area contributed by atoms with E-state index in [-0.39, 0.29) is 0 Å². The molecule has 2 heterocycles. The molecule has 172 valence electrons. The summed E-state index contributed by atoms with van der Waals surface area (Å²) in [6.07, 6.45) is 1.66. The lowest BCUT2D eigenvalue weighted by molar-refractivity contribution is 0.0398. The minimum absolute atomic E-state index is 0.517. The van der Waals surface area contributed by atoms with Crippen LogP contribution < -0.4 is 10.6 Å². The number of benzene rings is 2. The second-order valence-electron chi connectivity index (χ2n) is 8.44. The van der Waals surface area contributed by atoms with E-state index in [0.29, 0.717) is 5.56 Å². The summed E-state index contributed by atoms with van der Waals surface area (Å²) in [5.41, 5.74) is 5.25. The summed E-state index contributed by atoms with van der Waals surface area (Å²) < 4.78 is 6.42. The summed E-state index contributed by atoms with van der Waals surface area (Å²) >= 11 is 3.53. The molecule has 2 N–H and O–H groups in total. The van der Waals surface area contributed by atoms with Gasteiger partial charge >= 0.3 is 0 Å². The number of nitrogens with zero attached hydrogens (tertiary/aromatic N) is 4. The largest absolute Gasteiger partial charge is 0.384 e. The topological polar surface area (TPSA) is 76.4 Å². The third-order valence-corrected chi connectivity index (χ3v) is 6.11. The van der Waals surface area contributed by atoms with E-state index >= 15 is 0 Å². The molecular weight excluding hydrogens is 480 g/mol. The van der Waals surface area contributed by atoms with Crippen LogP contribution >= 0.6 is 15.9 Å². The average Bonchev–Trinajstić information content (AvgIpc) is 2.80. The first-order chi connectivity index (χ1) is 16.0. The number of nitriles is 1. The fourth-order valence-electron chi connectivity index (χ4n) is 4.05. The van der Waals surface area contributed by atoms with E-state index in [9.17, 15) is 5.26 Å². The molecule has 3 aromatic rings. The van der Waals surface area contributed by atoms with E-state index in [1.54, 1.807) is 6.20 Å². The second kappa shape index (κ2) is 10.9. The van der Waals surface area contributed by atoms with Crippen molar-refractivity contribution in [1.29, 1.82) is 5.26 Å². The van der Waals surface area contributed by atoms with E-state index in [4.69, 9.17) is 4.74 Å². The number of morpholine rings is 1. The van der Waals surface area contributed by atoms with Crippen molar-refractivity contribution >= 4 is 43.9 Å². The summed E-state index contributed by atoms with van der Waals surface area (Å²) in [5.74, 6) is 0. The molecule has 0 bridgehead atoms. The Morgan fingerprint density at radius 3 is 2.73 bits per heavy atom. The van der Waals surface area contributed by atoms with Crippen LogP contribution in [0.5, 0.6) is 0 Å². The van der Waals surface area contributed by atoms with Crippen LogP contribution in [0.25, 0.3) is 10.9 Å². The molecule has 0 unspecified atom stereocenters. The quantitative estimate of drug-likeness (QED) is 0.466. The van der Waals surface area contributed by atoms with E-state index in [1.165, 1.54) is 0 Å². The van der Waals surface area contributed by atoms with Crippen LogP contribution in [0.4, 0.5) is 17.1 Å². The highest BCUT2D eigenvalue weighted by Crippen LogP contribution is 2.34. The number of nitrogens with one attached hydrogen (secondary N) is 2. The Morgan fingerprint density at radius 1 is 1.18 bits per heavy atom. The van der Waals surface area contributed by atoms with Crippen LogP contribution in [0.1, 0.15) is 11.1 Å². The van der Waals surface area contributed by atoms with Gasteiger partial charge in [0.1, 0.15) is 6.07 Å². The predicted molar refractivity (Wildman–Crippen MR) is 137 cm³/mol. The van der Waals surface area contributed by atoms with E-state index in [1.807, 2.05) is 24.3 Å². The monoisotopic (exact) mass is 508 g/mol. The number of pyridine rings is 1. The molecule has 2 aromatic carbocycles. The Balaban J connectivity index is 1.70. The molecule has 1 aromatic heterocycles. The van der Waals surface area contributed by atoms with Crippen LogP contribution in [0.2, 0.25) is 0 Å². The first-order valence-corrected chi connectivity index (χ1v) is 11.9. The molecule has 0 amide bonds.